The third-order valence-corrected chi connectivity index (χ3v) is 9.05. The Morgan fingerprint density at radius 1 is 1.00 bits per heavy atom. The molecule has 0 radical (unpaired) electrons. The summed E-state index contributed by atoms with van der Waals surface area (Å²) in [5, 5.41) is 8.04. The van der Waals surface area contributed by atoms with Crippen LogP contribution in [0.15, 0.2) is 48.7 Å². The number of nitrogens with one attached hydrogen (secondary N) is 3. The molecule has 2 fully saturated rings. The molecule has 3 N–H and O–H groups in total. The van der Waals surface area contributed by atoms with Crippen molar-refractivity contribution in [2.45, 2.75) is 50.5 Å². The predicted octanol–water partition coefficient (Wildman–Crippen LogP) is 6.40. The molecule has 8 heteroatoms. The van der Waals surface area contributed by atoms with E-state index < -0.39 is 0 Å². The van der Waals surface area contributed by atoms with Crippen LogP contribution in [0.4, 0.5) is 0 Å². The van der Waals surface area contributed by atoms with Crippen molar-refractivity contribution < 1.29 is 9.59 Å². The first-order chi connectivity index (χ1) is 18.9. The standard InChI is InChI=1S/C31H36Cl2N4O2/c1-34-31(39)23-6-10-29-25(17-23)26(18-35-29)22-12-14-37(15-13-22)19-21-2-7-24(8-3-21)36-30(38)11-5-20-4-9-27(32)28(33)16-20/h4-6,9-11,16-18,21-22,24,35H,2-3,7-8,12-15,19H2,1H3,(H,34,39)(H,36,38)/b11-5+. The third-order valence-electron chi connectivity index (χ3n) is 8.31. The number of carbonyl (C=O) groups is 2. The minimum absolute atomic E-state index is 0.0482. The zero-order valence-corrected chi connectivity index (χ0v) is 23.8. The molecule has 2 heterocycles. The van der Waals surface area contributed by atoms with Crippen LogP contribution in [0.2, 0.25) is 10.0 Å². The van der Waals surface area contributed by atoms with Crippen LogP contribution in [0.1, 0.15) is 65.9 Å². The second kappa shape index (κ2) is 12.6. The number of aromatic amines is 1. The van der Waals surface area contributed by atoms with E-state index in [2.05, 4.69) is 26.7 Å². The van der Waals surface area contributed by atoms with Crippen LogP contribution in [-0.4, -0.2) is 54.4 Å². The lowest BCUT2D eigenvalue weighted by molar-refractivity contribution is -0.117. The fourth-order valence-corrected chi connectivity index (χ4v) is 6.39. The summed E-state index contributed by atoms with van der Waals surface area (Å²) in [6, 6.07) is 11.5. The first kappa shape index (κ1) is 27.8. The first-order valence-electron chi connectivity index (χ1n) is 13.9. The number of amides is 2. The molecule has 1 aliphatic heterocycles. The number of hydrogen-bond acceptors (Lipinski definition) is 3. The van der Waals surface area contributed by atoms with E-state index in [1.54, 1.807) is 31.3 Å². The maximum Gasteiger partial charge on any atom is 0.251 e. The van der Waals surface area contributed by atoms with Crippen LogP contribution >= 0.6 is 23.2 Å². The van der Waals surface area contributed by atoms with Crippen molar-refractivity contribution in [3.63, 3.8) is 0 Å². The third kappa shape index (κ3) is 6.86. The average molecular weight is 568 g/mol. The fraction of sp³-hybridized carbons (Fsp3) is 0.419. The number of likely N-dealkylation sites (tertiary alicyclic amines) is 1. The summed E-state index contributed by atoms with van der Waals surface area (Å²) in [7, 11) is 1.67. The van der Waals surface area contributed by atoms with Gasteiger partial charge in [-0.2, -0.15) is 0 Å². The monoisotopic (exact) mass is 566 g/mol. The number of fused-ring (bicyclic) bond motifs is 1. The molecular weight excluding hydrogens is 531 g/mol. The number of nitrogens with zero attached hydrogens (tertiary/aromatic N) is 1. The van der Waals surface area contributed by atoms with E-state index in [4.69, 9.17) is 23.2 Å². The van der Waals surface area contributed by atoms with Crippen LogP contribution in [0, 0.1) is 5.92 Å². The summed E-state index contributed by atoms with van der Waals surface area (Å²) in [6.45, 7) is 3.34. The Hall–Kier alpha value is -2.80. The van der Waals surface area contributed by atoms with E-state index in [1.165, 1.54) is 10.9 Å². The van der Waals surface area contributed by atoms with Gasteiger partial charge in [-0.3, -0.25) is 9.59 Å². The van der Waals surface area contributed by atoms with Gasteiger partial charge in [0, 0.05) is 48.4 Å². The lowest BCUT2D eigenvalue weighted by atomic mass is 9.84. The Morgan fingerprint density at radius 3 is 2.49 bits per heavy atom. The SMILES string of the molecule is CNC(=O)c1ccc2[nH]cc(C3CCN(CC4CCC(NC(=O)/C=C/c5ccc(Cl)c(Cl)c5)CC4)CC3)c2c1. The van der Waals surface area contributed by atoms with Gasteiger partial charge >= 0.3 is 0 Å². The lowest BCUT2D eigenvalue weighted by Crippen LogP contribution is -2.41. The molecule has 0 unspecified atom stereocenters. The van der Waals surface area contributed by atoms with Crippen molar-refractivity contribution in [2.24, 2.45) is 5.92 Å². The largest absolute Gasteiger partial charge is 0.361 e. The van der Waals surface area contributed by atoms with Gasteiger partial charge in [0.1, 0.15) is 0 Å². The fourth-order valence-electron chi connectivity index (χ4n) is 6.08. The molecule has 0 atom stereocenters. The van der Waals surface area contributed by atoms with E-state index in [9.17, 15) is 9.59 Å². The number of hydrogen-bond donors (Lipinski definition) is 3. The summed E-state index contributed by atoms with van der Waals surface area (Å²) in [5.41, 5.74) is 3.98. The number of piperidine rings is 1. The maximum absolute atomic E-state index is 12.4. The molecule has 0 bridgehead atoms. The summed E-state index contributed by atoms with van der Waals surface area (Å²) in [6.07, 6.45) is 12.1. The summed E-state index contributed by atoms with van der Waals surface area (Å²) in [4.78, 5) is 30.6. The van der Waals surface area contributed by atoms with Gasteiger partial charge in [-0.1, -0.05) is 29.3 Å². The van der Waals surface area contributed by atoms with E-state index in [0.717, 1.165) is 69.2 Å². The number of benzene rings is 2. The topological polar surface area (TPSA) is 77.2 Å². The molecule has 1 aliphatic carbocycles. The number of halogens is 2. The van der Waals surface area contributed by atoms with Crippen LogP contribution < -0.4 is 10.6 Å². The molecular formula is C31H36Cl2N4O2. The van der Waals surface area contributed by atoms with Gasteiger partial charge in [-0.15, -0.1) is 0 Å². The van der Waals surface area contributed by atoms with Crippen LogP contribution in [0.5, 0.6) is 0 Å². The van der Waals surface area contributed by atoms with Gasteiger partial charge in [0.05, 0.1) is 10.0 Å². The Balaban J connectivity index is 1.06. The van der Waals surface area contributed by atoms with Crippen molar-refractivity contribution in [1.82, 2.24) is 20.5 Å². The first-order valence-corrected chi connectivity index (χ1v) is 14.6. The quantitative estimate of drug-likeness (QED) is 0.289. The van der Waals surface area contributed by atoms with Gasteiger partial charge in [0.2, 0.25) is 5.91 Å². The van der Waals surface area contributed by atoms with Gasteiger partial charge < -0.3 is 20.5 Å². The highest BCUT2D eigenvalue weighted by Crippen LogP contribution is 2.35. The molecule has 1 saturated carbocycles. The molecule has 5 rings (SSSR count). The Labute approximate surface area is 240 Å². The van der Waals surface area contributed by atoms with Crippen molar-refractivity contribution in [3.05, 3.63) is 75.4 Å². The highest BCUT2D eigenvalue weighted by Gasteiger charge is 2.27. The summed E-state index contributed by atoms with van der Waals surface area (Å²) < 4.78 is 0. The van der Waals surface area contributed by atoms with Crippen LogP contribution in [0.3, 0.4) is 0 Å². The van der Waals surface area contributed by atoms with Gasteiger partial charge in [0.25, 0.3) is 5.91 Å². The van der Waals surface area contributed by atoms with E-state index in [0.29, 0.717) is 27.4 Å². The molecule has 6 nitrogen and oxygen atoms in total. The molecule has 39 heavy (non-hydrogen) atoms. The van der Waals surface area contributed by atoms with Gasteiger partial charge in [-0.05, 0) is 111 Å². The van der Waals surface area contributed by atoms with E-state index in [-0.39, 0.29) is 17.9 Å². The second-order valence-electron chi connectivity index (χ2n) is 10.9. The maximum atomic E-state index is 12.4. The zero-order valence-electron chi connectivity index (χ0n) is 22.3. The van der Waals surface area contributed by atoms with Crippen molar-refractivity contribution in [1.29, 1.82) is 0 Å². The van der Waals surface area contributed by atoms with Crippen LogP contribution in [-0.2, 0) is 4.79 Å². The van der Waals surface area contributed by atoms with Crippen molar-refractivity contribution in [2.75, 3.05) is 26.7 Å². The zero-order chi connectivity index (χ0) is 27.4. The summed E-state index contributed by atoms with van der Waals surface area (Å²) >= 11 is 12.0. The molecule has 206 valence electrons. The Bertz CT molecular complexity index is 1350. The number of carbonyl (C=O) groups excluding carboxylic acids is 2. The Kier molecular flexibility index (Phi) is 8.96. The predicted molar refractivity (Wildman–Crippen MR) is 159 cm³/mol. The van der Waals surface area contributed by atoms with Crippen molar-refractivity contribution >= 4 is 52.0 Å². The van der Waals surface area contributed by atoms with E-state index in [1.807, 2.05) is 24.3 Å². The smallest absolute Gasteiger partial charge is 0.251 e. The minimum atomic E-state index is -0.0636. The normalized spacial score (nSPS) is 20.9. The average Bonchev–Trinajstić information content (AvgIpc) is 3.38. The summed E-state index contributed by atoms with van der Waals surface area (Å²) in [5.74, 6) is 1.08. The molecule has 2 aliphatic rings. The molecule has 2 amide bonds. The molecule has 1 aromatic heterocycles. The van der Waals surface area contributed by atoms with Crippen LogP contribution in [0.25, 0.3) is 17.0 Å². The minimum Gasteiger partial charge on any atom is -0.361 e. The second-order valence-corrected chi connectivity index (χ2v) is 11.7. The number of rotatable bonds is 7. The molecule has 0 spiro atoms. The molecule has 2 aromatic carbocycles. The van der Waals surface area contributed by atoms with E-state index >= 15 is 0 Å². The highest BCUT2D eigenvalue weighted by molar-refractivity contribution is 6.42. The van der Waals surface area contributed by atoms with Gasteiger partial charge in [0.15, 0.2) is 0 Å². The molecule has 3 aromatic rings. The molecule has 1 saturated heterocycles. The van der Waals surface area contributed by atoms with Gasteiger partial charge in [-0.25, -0.2) is 0 Å². The number of H-pyrrole nitrogens is 1. The van der Waals surface area contributed by atoms with Crippen molar-refractivity contribution in [3.8, 4) is 0 Å². The Morgan fingerprint density at radius 2 is 1.77 bits per heavy atom. The number of aromatic nitrogens is 1. The highest BCUT2D eigenvalue weighted by atomic mass is 35.5. The lowest BCUT2D eigenvalue weighted by Gasteiger charge is -2.36.